The van der Waals surface area contributed by atoms with Crippen molar-refractivity contribution in [2.75, 3.05) is 6.61 Å². The second-order valence-corrected chi connectivity index (χ2v) is 7.39. The predicted molar refractivity (Wildman–Crippen MR) is 114 cm³/mol. The van der Waals surface area contributed by atoms with Crippen LogP contribution in [0.3, 0.4) is 0 Å². The van der Waals surface area contributed by atoms with Crippen molar-refractivity contribution in [2.24, 2.45) is 0 Å². The van der Waals surface area contributed by atoms with E-state index >= 15 is 0 Å². The normalized spacial score (nSPS) is 12.8. The van der Waals surface area contributed by atoms with Crippen molar-refractivity contribution in [1.29, 1.82) is 0 Å². The third-order valence-corrected chi connectivity index (χ3v) is 5.38. The molecule has 3 rings (SSSR count). The highest BCUT2D eigenvalue weighted by Crippen LogP contribution is 2.25. The molecule has 2 atom stereocenters. The SMILES string of the molecule is CCOc1ccc(C(C)NC(=O)NC(C)c2nc(-c3ccccc3)cs2)cc1. The number of amides is 2. The van der Waals surface area contributed by atoms with Crippen LogP contribution in [0.1, 0.15) is 43.4 Å². The third kappa shape index (κ3) is 5.10. The molecule has 2 aromatic carbocycles. The maximum atomic E-state index is 12.4. The first-order chi connectivity index (χ1) is 13.6. The molecule has 2 unspecified atom stereocenters. The minimum Gasteiger partial charge on any atom is -0.494 e. The molecule has 6 heteroatoms. The zero-order valence-electron chi connectivity index (χ0n) is 16.3. The number of hydrogen-bond acceptors (Lipinski definition) is 4. The van der Waals surface area contributed by atoms with Crippen molar-refractivity contribution in [3.8, 4) is 17.0 Å². The summed E-state index contributed by atoms with van der Waals surface area (Å²) < 4.78 is 5.45. The molecular formula is C22H25N3O2S. The number of ether oxygens (including phenoxy) is 1. The predicted octanol–water partition coefficient (Wildman–Crippen LogP) is 5.33. The molecular weight excluding hydrogens is 370 g/mol. The molecule has 1 heterocycles. The van der Waals surface area contributed by atoms with Gasteiger partial charge in [0.15, 0.2) is 0 Å². The Bertz CT molecular complexity index is 894. The van der Waals surface area contributed by atoms with E-state index in [1.807, 2.05) is 80.7 Å². The Morgan fingerprint density at radius 1 is 1.04 bits per heavy atom. The number of benzene rings is 2. The summed E-state index contributed by atoms with van der Waals surface area (Å²) in [5.74, 6) is 0.828. The first kappa shape index (κ1) is 19.9. The summed E-state index contributed by atoms with van der Waals surface area (Å²) in [6.45, 7) is 6.48. The Balaban J connectivity index is 1.56. The molecule has 0 saturated carbocycles. The summed E-state index contributed by atoms with van der Waals surface area (Å²) in [5, 5.41) is 8.83. The van der Waals surface area contributed by atoms with Gasteiger partial charge in [-0.25, -0.2) is 9.78 Å². The molecule has 2 N–H and O–H groups in total. The molecule has 0 bridgehead atoms. The second kappa shape index (κ2) is 9.37. The number of thiazole rings is 1. The molecule has 5 nitrogen and oxygen atoms in total. The van der Waals surface area contributed by atoms with E-state index in [4.69, 9.17) is 4.74 Å². The Kier molecular flexibility index (Phi) is 6.66. The van der Waals surface area contributed by atoms with E-state index < -0.39 is 0 Å². The van der Waals surface area contributed by atoms with E-state index in [0.717, 1.165) is 27.6 Å². The molecule has 146 valence electrons. The molecule has 2 amide bonds. The number of carbonyl (C=O) groups is 1. The van der Waals surface area contributed by atoms with Crippen LogP contribution in [-0.4, -0.2) is 17.6 Å². The molecule has 3 aromatic rings. The van der Waals surface area contributed by atoms with Crippen LogP contribution in [0.25, 0.3) is 11.3 Å². The lowest BCUT2D eigenvalue weighted by molar-refractivity contribution is 0.235. The van der Waals surface area contributed by atoms with Crippen molar-refractivity contribution in [3.05, 3.63) is 70.5 Å². The third-order valence-electron chi connectivity index (χ3n) is 4.35. The molecule has 0 spiro atoms. The maximum absolute atomic E-state index is 12.4. The average molecular weight is 396 g/mol. The summed E-state index contributed by atoms with van der Waals surface area (Å²) in [5.41, 5.74) is 3.02. The first-order valence-electron chi connectivity index (χ1n) is 9.37. The highest BCUT2D eigenvalue weighted by Gasteiger charge is 2.16. The number of hydrogen-bond donors (Lipinski definition) is 2. The maximum Gasteiger partial charge on any atom is 0.315 e. The summed E-state index contributed by atoms with van der Waals surface area (Å²) in [6, 6.07) is 17.3. The van der Waals surface area contributed by atoms with Crippen LogP contribution in [-0.2, 0) is 0 Å². The lowest BCUT2D eigenvalue weighted by Crippen LogP contribution is -2.38. The fraction of sp³-hybridized carbons (Fsp3) is 0.273. The van der Waals surface area contributed by atoms with Crippen molar-refractivity contribution in [2.45, 2.75) is 32.9 Å². The van der Waals surface area contributed by atoms with Gasteiger partial charge in [-0.3, -0.25) is 0 Å². The molecule has 0 aliphatic carbocycles. The number of carbonyl (C=O) groups excluding carboxylic acids is 1. The van der Waals surface area contributed by atoms with Crippen LogP contribution in [0.5, 0.6) is 5.75 Å². The van der Waals surface area contributed by atoms with Crippen LogP contribution < -0.4 is 15.4 Å². The summed E-state index contributed by atoms with van der Waals surface area (Å²) in [7, 11) is 0. The van der Waals surface area contributed by atoms with E-state index in [1.54, 1.807) is 11.3 Å². The van der Waals surface area contributed by atoms with Gasteiger partial charge >= 0.3 is 6.03 Å². The molecule has 0 radical (unpaired) electrons. The first-order valence-corrected chi connectivity index (χ1v) is 10.3. The summed E-state index contributed by atoms with van der Waals surface area (Å²) >= 11 is 1.55. The fourth-order valence-corrected chi connectivity index (χ4v) is 3.66. The van der Waals surface area contributed by atoms with Gasteiger partial charge in [-0.1, -0.05) is 42.5 Å². The Morgan fingerprint density at radius 2 is 1.71 bits per heavy atom. The number of rotatable bonds is 7. The topological polar surface area (TPSA) is 63.2 Å². The van der Waals surface area contributed by atoms with Crippen LogP contribution in [0, 0.1) is 0 Å². The van der Waals surface area contributed by atoms with Crippen LogP contribution in [0.2, 0.25) is 0 Å². The van der Waals surface area contributed by atoms with E-state index in [0.29, 0.717) is 6.61 Å². The van der Waals surface area contributed by atoms with Gasteiger partial charge in [-0.15, -0.1) is 11.3 Å². The van der Waals surface area contributed by atoms with E-state index in [2.05, 4.69) is 15.6 Å². The molecule has 1 aromatic heterocycles. The summed E-state index contributed by atoms with van der Waals surface area (Å²) in [6.07, 6.45) is 0. The van der Waals surface area contributed by atoms with E-state index in [1.165, 1.54) is 0 Å². The number of nitrogens with zero attached hydrogens (tertiary/aromatic N) is 1. The van der Waals surface area contributed by atoms with Gasteiger partial charge in [0.1, 0.15) is 10.8 Å². The van der Waals surface area contributed by atoms with Gasteiger partial charge in [-0.2, -0.15) is 0 Å². The lowest BCUT2D eigenvalue weighted by atomic mass is 10.1. The minimum absolute atomic E-state index is 0.112. The van der Waals surface area contributed by atoms with Crippen molar-refractivity contribution >= 4 is 17.4 Å². The quantitative estimate of drug-likeness (QED) is 0.568. The van der Waals surface area contributed by atoms with Gasteiger partial charge in [-0.05, 0) is 38.5 Å². The zero-order chi connectivity index (χ0) is 19.9. The Labute approximate surface area is 169 Å². The van der Waals surface area contributed by atoms with Gasteiger partial charge in [0.05, 0.1) is 24.4 Å². The average Bonchev–Trinajstić information content (AvgIpc) is 3.20. The lowest BCUT2D eigenvalue weighted by Gasteiger charge is -2.18. The van der Waals surface area contributed by atoms with Gasteiger partial charge < -0.3 is 15.4 Å². The van der Waals surface area contributed by atoms with Crippen LogP contribution in [0.15, 0.2) is 60.0 Å². The van der Waals surface area contributed by atoms with Crippen molar-refractivity contribution in [1.82, 2.24) is 15.6 Å². The number of nitrogens with one attached hydrogen (secondary N) is 2. The smallest absolute Gasteiger partial charge is 0.315 e. The zero-order valence-corrected chi connectivity index (χ0v) is 17.1. The van der Waals surface area contributed by atoms with Crippen molar-refractivity contribution < 1.29 is 9.53 Å². The Hall–Kier alpha value is -2.86. The highest BCUT2D eigenvalue weighted by atomic mass is 32.1. The fourth-order valence-electron chi connectivity index (χ4n) is 2.83. The highest BCUT2D eigenvalue weighted by molar-refractivity contribution is 7.10. The van der Waals surface area contributed by atoms with Gasteiger partial charge in [0.2, 0.25) is 0 Å². The second-order valence-electron chi connectivity index (χ2n) is 6.50. The molecule has 0 fully saturated rings. The molecule has 0 saturated heterocycles. The van der Waals surface area contributed by atoms with Crippen LogP contribution >= 0.6 is 11.3 Å². The van der Waals surface area contributed by atoms with Gasteiger partial charge in [0.25, 0.3) is 0 Å². The summed E-state index contributed by atoms with van der Waals surface area (Å²) in [4.78, 5) is 17.0. The minimum atomic E-state index is -0.217. The molecule has 0 aliphatic heterocycles. The molecule has 0 aliphatic rings. The van der Waals surface area contributed by atoms with Crippen molar-refractivity contribution in [3.63, 3.8) is 0 Å². The Morgan fingerprint density at radius 3 is 2.39 bits per heavy atom. The van der Waals surface area contributed by atoms with Gasteiger partial charge in [0, 0.05) is 10.9 Å². The van der Waals surface area contributed by atoms with Crippen LogP contribution in [0.4, 0.5) is 4.79 Å². The molecule has 28 heavy (non-hydrogen) atoms. The number of urea groups is 1. The number of aromatic nitrogens is 1. The monoisotopic (exact) mass is 395 g/mol. The van der Waals surface area contributed by atoms with E-state index in [-0.39, 0.29) is 18.1 Å². The largest absolute Gasteiger partial charge is 0.494 e. The van der Waals surface area contributed by atoms with E-state index in [9.17, 15) is 4.79 Å². The standard InChI is InChI=1S/C22H25N3O2S/c1-4-27-19-12-10-17(11-13-19)15(2)23-22(26)24-16(3)21-25-20(14-28-21)18-8-6-5-7-9-18/h5-16H,4H2,1-3H3,(H2,23,24,26).